The lowest BCUT2D eigenvalue weighted by atomic mass is 9.99. The fourth-order valence-electron chi connectivity index (χ4n) is 2.74. The van der Waals surface area contributed by atoms with Gasteiger partial charge in [0.2, 0.25) is 15.9 Å². The monoisotopic (exact) mass is 365 g/mol. The van der Waals surface area contributed by atoms with Crippen molar-refractivity contribution in [1.82, 2.24) is 9.29 Å². The average molecular weight is 365 g/mol. The summed E-state index contributed by atoms with van der Waals surface area (Å²) < 4.78 is 24.7. The van der Waals surface area contributed by atoms with Crippen molar-refractivity contribution in [2.24, 2.45) is 5.92 Å². The summed E-state index contributed by atoms with van der Waals surface area (Å²) in [5.41, 5.74) is 1.81. The molecule has 2 aromatic rings. The molecule has 0 spiro atoms. The summed E-state index contributed by atoms with van der Waals surface area (Å²) in [6.45, 7) is 0.722. The first-order chi connectivity index (χ1) is 11.4. The summed E-state index contributed by atoms with van der Waals surface area (Å²) in [6.07, 6.45) is 2.56. The van der Waals surface area contributed by atoms with Gasteiger partial charge in [-0.3, -0.25) is 4.79 Å². The number of carbonyl (C=O) groups excluding carboxylic acids is 1. The van der Waals surface area contributed by atoms with Gasteiger partial charge in [-0.15, -0.1) is 11.3 Å². The Morgan fingerprint density at radius 1 is 1.33 bits per heavy atom. The van der Waals surface area contributed by atoms with Crippen LogP contribution < -0.4 is 5.32 Å². The molecule has 8 heteroatoms. The second-order valence-corrected chi connectivity index (χ2v) is 8.69. The number of sulfonamides is 1. The smallest absolute Gasteiger partial charge is 0.230 e. The lowest BCUT2D eigenvalue weighted by Gasteiger charge is -2.29. The van der Waals surface area contributed by atoms with Crippen LogP contribution in [-0.4, -0.2) is 43.0 Å². The van der Waals surface area contributed by atoms with Crippen molar-refractivity contribution in [3.8, 4) is 11.3 Å². The topological polar surface area (TPSA) is 79.4 Å². The predicted octanol–water partition coefficient (Wildman–Crippen LogP) is 2.42. The SMILES string of the molecule is CS(=O)(=O)N1CCCC(C(=O)Nc2nc(-c3ccccc3)cs2)C1. The van der Waals surface area contributed by atoms with Crippen molar-refractivity contribution in [2.45, 2.75) is 12.8 Å². The van der Waals surface area contributed by atoms with E-state index in [1.807, 2.05) is 35.7 Å². The van der Waals surface area contributed by atoms with E-state index in [1.165, 1.54) is 21.9 Å². The van der Waals surface area contributed by atoms with Crippen molar-refractivity contribution >= 4 is 32.4 Å². The van der Waals surface area contributed by atoms with Gasteiger partial charge in [0.1, 0.15) is 0 Å². The zero-order chi connectivity index (χ0) is 17.2. The Bertz CT molecular complexity index is 818. The van der Waals surface area contributed by atoms with Crippen LogP contribution in [0.3, 0.4) is 0 Å². The van der Waals surface area contributed by atoms with Crippen LogP contribution >= 0.6 is 11.3 Å². The molecular weight excluding hydrogens is 346 g/mol. The Kier molecular flexibility index (Phi) is 4.98. The number of hydrogen-bond acceptors (Lipinski definition) is 5. The molecule has 1 aromatic heterocycles. The van der Waals surface area contributed by atoms with Gasteiger partial charge in [-0.2, -0.15) is 0 Å². The number of hydrogen-bond donors (Lipinski definition) is 1. The second-order valence-electron chi connectivity index (χ2n) is 5.85. The fourth-order valence-corrected chi connectivity index (χ4v) is 4.37. The maximum absolute atomic E-state index is 12.4. The standard InChI is InChI=1S/C16H19N3O3S2/c1-24(21,22)19-9-5-8-13(10-19)15(20)18-16-17-14(11-23-16)12-6-3-2-4-7-12/h2-4,6-7,11,13H,5,8-10H2,1H3,(H,17,18,20). The molecule has 6 nitrogen and oxygen atoms in total. The van der Waals surface area contributed by atoms with Crippen molar-refractivity contribution in [3.05, 3.63) is 35.7 Å². The Morgan fingerprint density at radius 2 is 2.08 bits per heavy atom. The highest BCUT2D eigenvalue weighted by Gasteiger charge is 2.30. The van der Waals surface area contributed by atoms with Crippen LogP contribution in [-0.2, 0) is 14.8 Å². The van der Waals surface area contributed by atoms with E-state index < -0.39 is 10.0 Å². The van der Waals surface area contributed by atoms with Crippen molar-refractivity contribution in [3.63, 3.8) is 0 Å². The molecule has 2 heterocycles. The highest BCUT2D eigenvalue weighted by Crippen LogP contribution is 2.26. The molecule has 1 unspecified atom stereocenters. The van der Waals surface area contributed by atoms with Crippen LogP contribution in [0.2, 0.25) is 0 Å². The fraction of sp³-hybridized carbons (Fsp3) is 0.375. The quantitative estimate of drug-likeness (QED) is 0.902. The van der Waals surface area contributed by atoms with E-state index >= 15 is 0 Å². The summed E-state index contributed by atoms with van der Waals surface area (Å²) in [6, 6.07) is 9.75. The lowest BCUT2D eigenvalue weighted by Crippen LogP contribution is -2.43. The van der Waals surface area contributed by atoms with E-state index in [0.717, 1.165) is 11.3 Å². The molecule has 1 aromatic carbocycles. The third kappa shape index (κ3) is 4.00. The Hall–Kier alpha value is -1.77. The molecular formula is C16H19N3O3S2. The molecule has 1 aliphatic heterocycles. The van der Waals surface area contributed by atoms with Crippen LogP contribution in [0.5, 0.6) is 0 Å². The van der Waals surface area contributed by atoms with Gasteiger partial charge in [0.05, 0.1) is 17.9 Å². The third-order valence-electron chi connectivity index (χ3n) is 4.03. The van der Waals surface area contributed by atoms with E-state index in [4.69, 9.17) is 0 Å². The molecule has 1 N–H and O–H groups in total. The van der Waals surface area contributed by atoms with Gasteiger partial charge in [-0.25, -0.2) is 17.7 Å². The van der Waals surface area contributed by atoms with Gasteiger partial charge < -0.3 is 5.32 Å². The van der Waals surface area contributed by atoms with Crippen molar-refractivity contribution in [1.29, 1.82) is 0 Å². The number of piperidine rings is 1. The van der Waals surface area contributed by atoms with Gasteiger partial charge in [0.15, 0.2) is 5.13 Å². The number of nitrogens with one attached hydrogen (secondary N) is 1. The molecule has 1 amide bonds. The van der Waals surface area contributed by atoms with Crippen LogP contribution in [0.4, 0.5) is 5.13 Å². The van der Waals surface area contributed by atoms with Gasteiger partial charge in [0.25, 0.3) is 0 Å². The molecule has 0 radical (unpaired) electrons. The molecule has 1 aliphatic rings. The maximum Gasteiger partial charge on any atom is 0.230 e. The number of carbonyl (C=O) groups is 1. The minimum absolute atomic E-state index is 0.169. The molecule has 3 rings (SSSR count). The van der Waals surface area contributed by atoms with Gasteiger partial charge >= 0.3 is 0 Å². The summed E-state index contributed by atoms with van der Waals surface area (Å²) in [5.74, 6) is -0.505. The van der Waals surface area contributed by atoms with Gasteiger partial charge in [-0.05, 0) is 12.8 Å². The predicted molar refractivity (Wildman–Crippen MR) is 95.3 cm³/mol. The van der Waals surface area contributed by atoms with Crippen LogP contribution in [0.1, 0.15) is 12.8 Å². The number of aromatic nitrogens is 1. The Balaban J connectivity index is 1.66. The molecule has 128 valence electrons. The largest absolute Gasteiger partial charge is 0.302 e. The summed E-state index contributed by atoms with van der Waals surface area (Å²) >= 11 is 1.37. The van der Waals surface area contributed by atoms with Crippen molar-refractivity contribution < 1.29 is 13.2 Å². The molecule has 24 heavy (non-hydrogen) atoms. The molecule has 1 atom stereocenters. The zero-order valence-corrected chi connectivity index (χ0v) is 14.9. The van der Waals surface area contributed by atoms with Crippen LogP contribution in [0.15, 0.2) is 35.7 Å². The Morgan fingerprint density at radius 3 is 2.79 bits per heavy atom. The molecule has 1 saturated heterocycles. The average Bonchev–Trinajstić information content (AvgIpc) is 3.03. The maximum atomic E-state index is 12.4. The zero-order valence-electron chi connectivity index (χ0n) is 13.3. The molecule has 1 fully saturated rings. The Labute approximate surface area is 145 Å². The highest BCUT2D eigenvalue weighted by molar-refractivity contribution is 7.88. The highest BCUT2D eigenvalue weighted by atomic mass is 32.2. The third-order valence-corrected chi connectivity index (χ3v) is 6.06. The first kappa shape index (κ1) is 17.1. The van der Waals surface area contributed by atoms with Crippen molar-refractivity contribution in [2.75, 3.05) is 24.7 Å². The minimum atomic E-state index is -3.26. The van der Waals surface area contributed by atoms with E-state index in [9.17, 15) is 13.2 Å². The van der Waals surface area contributed by atoms with Crippen LogP contribution in [0.25, 0.3) is 11.3 Å². The molecule has 0 aliphatic carbocycles. The normalized spacial score (nSPS) is 19.1. The summed E-state index contributed by atoms with van der Waals surface area (Å²) in [7, 11) is -3.26. The minimum Gasteiger partial charge on any atom is -0.302 e. The second kappa shape index (κ2) is 7.00. The van der Waals surface area contributed by atoms with E-state index in [1.54, 1.807) is 0 Å². The number of thiazole rings is 1. The van der Waals surface area contributed by atoms with E-state index in [-0.39, 0.29) is 18.4 Å². The molecule has 0 saturated carbocycles. The van der Waals surface area contributed by atoms with E-state index in [0.29, 0.717) is 24.5 Å². The number of rotatable bonds is 4. The number of nitrogens with zero attached hydrogens (tertiary/aromatic N) is 2. The van der Waals surface area contributed by atoms with E-state index in [2.05, 4.69) is 10.3 Å². The molecule has 0 bridgehead atoms. The first-order valence-electron chi connectivity index (χ1n) is 7.70. The number of anilines is 1. The first-order valence-corrected chi connectivity index (χ1v) is 10.4. The summed E-state index contributed by atoms with van der Waals surface area (Å²) in [4.78, 5) is 16.9. The van der Waals surface area contributed by atoms with Gasteiger partial charge in [0, 0.05) is 24.0 Å². The lowest BCUT2D eigenvalue weighted by molar-refractivity contribution is -0.120. The number of amides is 1. The van der Waals surface area contributed by atoms with Gasteiger partial charge in [-0.1, -0.05) is 30.3 Å². The number of benzene rings is 1. The summed E-state index contributed by atoms with van der Waals surface area (Å²) in [5, 5.41) is 5.26. The van der Waals surface area contributed by atoms with Crippen LogP contribution in [0, 0.1) is 5.92 Å².